The van der Waals surface area contributed by atoms with Crippen molar-refractivity contribution < 1.29 is 0 Å². The van der Waals surface area contributed by atoms with Gasteiger partial charge in [0.05, 0.1) is 38.8 Å². The van der Waals surface area contributed by atoms with Crippen molar-refractivity contribution in [2.24, 2.45) is 0 Å². The van der Waals surface area contributed by atoms with Gasteiger partial charge in [-0.3, -0.25) is 0 Å². The van der Waals surface area contributed by atoms with Crippen molar-refractivity contribution in [3.05, 3.63) is 237 Å². The number of nitrogens with zero attached hydrogens (tertiary/aromatic N) is 3. The maximum Gasteiger partial charge on any atom is 0.0541 e. The highest BCUT2D eigenvalue weighted by Gasteiger charge is 2.19. The molecule has 0 aliphatic rings. The summed E-state index contributed by atoms with van der Waals surface area (Å²) in [5, 5.41) is 7.51. The van der Waals surface area contributed by atoms with Crippen molar-refractivity contribution in [2.75, 3.05) is 0 Å². The molecular formula is C60H39N3. The van der Waals surface area contributed by atoms with E-state index in [0.717, 1.165) is 11.4 Å². The summed E-state index contributed by atoms with van der Waals surface area (Å²) in [5.41, 5.74) is 17.9. The van der Waals surface area contributed by atoms with Gasteiger partial charge in [-0.2, -0.15) is 0 Å². The van der Waals surface area contributed by atoms with Gasteiger partial charge in [0, 0.05) is 49.3 Å². The van der Waals surface area contributed by atoms with Crippen molar-refractivity contribution in [3.63, 3.8) is 0 Å². The average Bonchev–Trinajstić information content (AvgIpc) is 4.00. The van der Waals surface area contributed by atoms with Crippen LogP contribution in [0.1, 0.15) is 0 Å². The summed E-state index contributed by atoms with van der Waals surface area (Å²) in [7, 11) is 0. The van der Waals surface area contributed by atoms with Gasteiger partial charge in [0.1, 0.15) is 0 Å². The number of benzene rings is 10. The van der Waals surface area contributed by atoms with E-state index < -0.39 is 0 Å². The van der Waals surface area contributed by atoms with Crippen LogP contribution in [0, 0.1) is 0 Å². The number of fused-ring (bicyclic) bond motifs is 9. The Morgan fingerprint density at radius 2 is 0.556 bits per heavy atom. The quantitative estimate of drug-likeness (QED) is 0.159. The molecule has 0 radical (unpaired) electrons. The molecule has 13 rings (SSSR count). The molecule has 0 aliphatic heterocycles. The van der Waals surface area contributed by atoms with Gasteiger partial charge >= 0.3 is 0 Å². The minimum absolute atomic E-state index is 1.14. The summed E-state index contributed by atoms with van der Waals surface area (Å²) in [6.07, 6.45) is 0. The maximum absolute atomic E-state index is 2.43. The SMILES string of the molecule is c1ccc(-c2ccc(-n3c4ccccc4c4cc(-c5ccc(-n6c7ccccc7c7cc(-c8ccccc8-n8c9ccccc9c9ccccc98)ccc76)cc5)ccc43)cc2)cc1. The van der Waals surface area contributed by atoms with Crippen molar-refractivity contribution in [2.45, 2.75) is 0 Å². The van der Waals surface area contributed by atoms with Crippen LogP contribution in [0.15, 0.2) is 237 Å². The monoisotopic (exact) mass is 801 g/mol. The fourth-order valence-corrected chi connectivity index (χ4v) is 10.2. The molecule has 3 heterocycles. The van der Waals surface area contributed by atoms with Crippen molar-refractivity contribution in [1.29, 1.82) is 0 Å². The Morgan fingerprint density at radius 3 is 1.10 bits per heavy atom. The lowest BCUT2D eigenvalue weighted by Crippen LogP contribution is -1.97. The van der Waals surface area contributed by atoms with Crippen LogP contribution in [-0.2, 0) is 0 Å². The smallest absolute Gasteiger partial charge is 0.0541 e. The van der Waals surface area contributed by atoms with Gasteiger partial charge in [-0.15, -0.1) is 0 Å². The van der Waals surface area contributed by atoms with E-state index in [1.165, 1.54) is 104 Å². The van der Waals surface area contributed by atoms with E-state index in [9.17, 15) is 0 Å². The number of hydrogen-bond acceptors (Lipinski definition) is 0. The Morgan fingerprint density at radius 1 is 0.206 bits per heavy atom. The molecule has 0 N–H and O–H groups in total. The molecule has 294 valence electrons. The maximum atomic E-state index is 2.43. The summed E-state index contributed by atoms with van der Waals surface area (Å²) in [5.74, 6) is 0. The lowest BCUT2D eigenvalue weighted by atomic mass is 10.0. The molecule has 0 fully saturated rings. The lowest BCUT2D eigenvalue weighted by Gasteiger charge is -2.14. The molecular weight excluding hydrogens is 763 g/mol. The topological polar surface area (TPSA) is 14.8 Å². The van der Waals surface area contributed by atoms with Gasteiger partial charge in [-0.05, 0) is 107 Å². The number of rotatable bonds is 6. The van der Waals surface area contributed by atoms with Crippen molar-refractivity contribution in [3.8, 4) is 50.4 Å². The molecule has 0 amide bonds. The fraction of sp³-hybridized carbons (Fsp3) is 0. The first-order chi connectivity index (χ1) is 31.3. The zero-order valence-corrected chi connectivity index (χ0v) is 34.4. The van der Waals surface area contributed by atoms with Gasteiger partial charge in [0.25, 0.3) is 0 Å². The van der Waals surface area contributed by atoms with E-state index >= 15 is 0 Å². The van der Waals surface area contributed by atoms with E-state index in [1.807, 2.05) is 0 Å². The first-order valence-electron chi connectivity index (χ1n) is 21.7. The first-order valence-corrected chi connectivity index (χ1v) is 21.7. The second-order valence-electron chi connectivity index (χ2n) is 16.5. The van der Waals surface area contributed by atoms with Crippen molar-refractivity contribution in [1.82, 2.24) is 13.7 Å². The Hall–Kier alpha value is -8.40. The molecule has 0 saturated carbocycles. The Kier molecular flexibility index (Phi) is 7.91. The number of hydrogen-bond donors (Lipinski definition) is 0. The third kappa shape index (κ3) is 5.53. The fourth-order valence-electron chi connectivity index (χ4n) is 10.2. The zero-order valence-electron chi connectivity index (χ0n) is 34.4. The predicted octanol–water partition coefficient (Wildman–Crippen LogP) is 16.0. The second kappa shape index (κ2) is 14.1. The van der Waals surface area contributed by atoms with E-state index in [2.05, 4.69) is 250 Å². The highest BCUT2D eigenvalue weighted by molar-refractivity contribution is 6.13. The molecule has 0 saturated heterocycles. The molecule has 3 heteroatoms. The molecule has 0 bridgehead atoms. The van der Waals surface area contributed by atoms with E-state index in [1.54, 1.807) is 0 Å². The van der Waals surface area contributed by atoms with E-state index in [0.29, 0.717) is 0 Å². The van der Waals surface area contributed by atoms with Crippen LogP contribution in [0.25, 0.3) is 116 Å². The highest BCUT2D eigenvalue weighted by atomic mass is 15.0. The normalized spacial score (nSPS) is 11.8. The Bertz CT molecular complexity index is 3830. The van der Waals surface area contributed by atoms with Gasteiger partial charge in [-0.1, -0.05) is 158 Å². The first kappa shape index (κ1) is 35.4. The molecule has 0 aliphatic carbocycles. The van der Waals surface area contributed by atoms with E-state index in [-0.39, 0.29) is 0 Å². The largest absolute Gasteiger partial charge is 0.309 e. The average molecular weight is 802 g/mol. The second-order valence-corrected chi connectivity index (χ2v) is 16.5. The summed E-state index contributed by atoms with van der Waals surface area (Å²) >= 11 is 0. The van der Waals surface area contributed by atoms with Gasteiger partial charge < -0.3 is 13.7 Å². The molecule has 0 spiro atoms. The molecule has 3 aromatic heterocycles. The Balaban J connectivity index is 0.887. The molecule has 0 unspecified atom stereocenters. The summed E-state index contributed by atoms with van der Waals surface area (Å²) in [4.78, 5) is 0. The number of aromatic nitrogens is 3. The standard InChI is InChI=1S/C60H39N3/c1-2-14-40(15-3-1)41-26-32-45(33-27-41)61-55-22-10-7-19-50(55)52-38-43(30-36-59(52)61)42-28-34-46(35-29-42)62-56-23-11-8-20-51(56)53-39-44(31-37-60(53)62)47-16-4-9-21-54(47)63-57-24-12-5-17-48(57)49-18-6-13-25-58(49)63/h1-39H. The molecule has 63 heavy (non-hydrogen) atoms. The van der Waals surface area contributed by atoms with Crippen LogP contribution in [0.2, 0.25) is 0 Å². The lowest BCUT2D eigenvalue weighted by molar-refractivity contribution is 1.18. The third-order valence-electron chi connectivity index (χ3n) is 13.1. The predicted molar refractivity (Wildman–Crippen MR) is 266 cm³/mol. The molecule has 0 atom stereocenters. The van der Waals surface area contributed by atoms with Gasteiger partial charge in [0.15, 0.2) is 0 Å². The number of para-hydroxylation sites is 5. The summed E-state index contributed by atoms with van der Waals surface area (Å²) < 4.78 is 7.23. The minimum atomic E-state index is 1.14. The summed E-state index contributed by atoms with van der Waals surface area (Å²) in [6, 6.07) is 86.4. The molecule has 3 nitrogen and oxygen atoms in total. The van der Waals surface area contributed by atoms with Crippen LogP contribution in [0.4, 0.5) is 0 Å². The van der Waals surface area contributed by atoms with Crippen LogP contribution >= 0.6 is 0 Å². The van der Waals surface area contributed by atoms with Gasteiger partial charge in [0.2, 0.25) is 0 Å². The highest BCUT2D eigenvalue weighted by Crippen LogP contribution is 2.40. The summed E-state index contributed by atoms with van der Waals surface area (Å²) in [6.45, 7) is 0. The van der Waals surface area contributed by atoms with Crippen LogP contribution < -0.4 is 0 Å². The Labute approximate surface area is 364 Å². The van der Waals surface area contributed by atoms with E-state index in [4.69, 9.17) is 0 Å². The zero-order chi connectivity index (χ0) is 41.4. The van der Waals surface area contributed by atoms with Crippen LogP contribution in [-0.4, -0.2) is 13.7 Å². The molecule has 10 aromatic carbocycles. The molecule has 13 aromatic rings. The van der Waals surface area contributed by atoms with Crippen molar-refractivity contribution >= 4 is 65.4 Å². The van der Waals surface area contributed by atoms with Gasteiger partial charge in [-0.25, -0.2) is 0 Å². The third-order valence-corrected chi connectivity index (χ3v) is 13.1. The van der Waals surface area contributed by atoms with Crippen LogP contribution in [0.3, 0.4) is 0 Å². The minimum Gasteiger partial charge on any atom is -0.309 e. The van der Waals surface area contributed by atoms with Crippen LogP contribution in [0.5, 0.6) is 0 Å².